The van der Waals surface area contributed by atoms with Gasteiger partial charge in [-0.25, -0.2) is 9.78 Å². The zero-order valence-electron chi connectivity index (χ0n) is 12.2. The molecule has 6 heteroatoms. The molecule has 5 nitrogen and oxygen atoms in total. The Kier molecular flexibility index (Phi) is 4.68. The molecule has 0 aliphatic rings. The molecule has 0 fully saturated rings. The van der Waals surface area contributed by atoms with Gasteiger partial charge in [-0.05, 0) is 41.5 Å². The van der Waals surface area contributed by atoms with Crippen LogP contribution in [0.15, 0.2) is 0 Å². The van der Waals surface area contributed by atoms with Crippen LogP contribution in [-0.4, -0.2) is 28.5 Å². The lowest BCUT2D eigenvalue weighted by molar-refractivity contribution is -0.130. The predicted molar refractivity (Wildman–Crippen MR) is 74.4 cm³/mol. The number of thiazole rings is 1. The largest absolute Gasteiger partial charge is 0.448 e. The van der Waals surface area contributed by atoms with Crippen LogP contribution in [-0.2, 0) is 9.53 Å². The highest BCUT2D eigenvalue weighted by molar-refractivity contribution is 7.13. The van der Waals surface area contributed by atoms with Crippen molar-refractivity contribution in [1.82, 2.24) is 10.3 Å². The Labute approximate surface area is 117 Å². The molecule has 1 rings (SSSR count). The van der Waals surface area contributed by atoms with Crippen LogP contribution in [0, 0.1) is 13.8 Å². The molecule has 0 saturated carbocycles. The van der Waals surface area contributed by atoms with E-state index >= 15 is 0 Å². The zero-order valence-corrected chi connectivity index (χ0v) is 13.0. The summed E-state index contributed by atoms with van der Waals surface area (Å²) in [4.78, 5) is 28.4. The number of amides is 1. The van der Waals surface area contributed by atoms with Gasteiger partial charge in [0.15, 0.2) is 6.10 Å². The van der Waals surface area contributed by atoms with E-state index < -0.39 is 12.1 Å². The monoisotopic (exact) mass is 284 g/mol. The standard InChI is InChI=1S/C13H20N2O3S/c1-7-10(19-9(3)14-7)12(17)18-8(2)11(16)15-13(4,5)6/h8H,1-6H3,(H,15,16)/t8-/m1/s1. The van der Waals surface area contributed by atoms with Gasteiger partial charge in [0, 0.05) is 5.54 Å². The number of carbonyl (C=O) groups is 2. The van der Waals surface area contributed by atoms with Crippen molar-refractivity contribution in [2.75, 3.05) is 0 Å². The number of nitrogens with one attached hydrogen (secondary N) is 1. The molecule has 0 spiro atoms. The lowest BCUT2D eigenvalue weighted by atomic mass is 10.1. The number of carbonyl (C=O) groups excluding carboxylic acids is 2. The zero-order chi connectivity index (χ0) is 14.8. The van der Waals surface area contributed by atoms with Crippen LogP contribution < -0.4 is 5.32 Å². The fourth-order valence-electron chi connectivity index (χ4n) is 1.46. The first-order chi connectivity index (χ1) is 8.60. The van der Waals surface area contributed by atoms with Crippen LogP contribution >= 0.6 is 11.3 Å². The van der Waals surface area contributed by atoms with Crippen LogP contribution in [0.5, 0.6) is 0 Å². The number of aryl methyl sites for hydroxylation is 2. The summed E-state index contributed by atoms with van der Waals surface area (Å²) in [6.07, 6.45) is -0.825. The minimum Gasteiger partial charge on any atom is -0.448 e. The third-order valence-corrected chi connectivity index (χ3v) is 3.29. The number of nitrogens with zero attached hydrogens (tertiary/aromatic N) is 1. The SMILES string of the molecule is Cc1nc(C)c(C(=O)O[C@H](C)C(=O)NC(C)(C)C)s1. The molecule has 1 aromatic rings. The third kappa shape index (κ3) is 4.63. The van der Waals surface area contributed by atoms with Gasteiger partial charge in [0.1, 0.15) is 4.88 Å². The maximum Gasteiger partial charge on any atom is 0.351 e. The Hall–Kier alpha value is -1.43. The second kappa shape index (κ2) is 5.69. The Morgan fingerprint density at radius 3 is 2.32 bits per heavy atom. The van der Waals surface area contributed by atoms with Crippen molar-refractivity contribution < 1.29 is 14.3 Å². The molecule has 0 bridgehead atoms. The highest BCUT2D eigenvalue weighted by Gasteiger charge is 2.24. The fraction of sp³-hybridized carbons (Fsp3) is 0.615. The molecule has 106 valence electrons. The van der Waals surface area contributed by atoms with Gasteiger partial charge in [0.25, 0.3) is 5.91 Å². The molecule has 1 atom stereocenters. The Morgan fingerprint density at radius 2 is 1.89 bits per heavy atom. The summed E-state index contributed by atoms with van der Waals surface area (Å²) < 4.78 is 5.16. The minimum atomic E-state index is -0.825. The molecule has 19 heavy (non-hydrogen) atoms. The molecule has 0 aliphatic carbocycles. The predicted octanol–water partition coefficient (Wildman–Crippen LogP) is 2.22. The Morgan fingerprint density at radius 1 is 1.32 bits per heavy atom. The highest BCUT2D eigenvalue weighted by atomic mass is 32.1. The van der Waals surface area contributed by atoms with E-state index in [4.69, 9.17) is 4.74 Å². The average molecular weight is 284 g/mol. The average Bonchev–Trinajstić information content (AvgIpc) is 2.55. The second-order valence-electron chi connectivity index (χ2n) is 5.43. The van der Waals surface area contributed by atoms with Crippen molar-refractivity contribution in [2.45, 2.75) is 53.2 Å². The summed E-state index contributed by atoms with van der Waals surface area (Å²) in [6.45, 7) is 10.7. The van der Waals surface area contributed by atoms with Crippen LogP contribution in [0.4, 0.5) is 0 Å². The summed E-state index contributed by atoms with van der Waals surface area (Å²) in [5.41, 5.74) is 0.283. The molecule has 1 N–H and O–H groups in total. The van der Waals surface area contributed by atoms with E-state index in [0.29, 0.717) is 10.6 Å². The van der Waals surface area contributed by atoms with Crippen LogP contribution in [0.25, 0.3) is 0 Å². The summed E-state index contributed by atoms with van der Waals surface area (Å²) in [6, 6.07) is 0. The number of hydrogen-bond acceptors (Lipinski definition) is 5. The van der Waals surface area contributed by atoms with E-state index in [2.05, 4.69) is 10.3 Å². The Balaban J connectivity index is 2.67. The van der Waals surface area contributed by atoms with E-state index in [-0.39, 0.29) is 11.4 Å². The van der Waals surface area contributed by atoms with E-state index in [0.717, 1.165) is 5.01 Å². The first-order valence-corrected chi connectivity index (χ1v) is 6.89. The van der Waals surface area contributed by atoms with Crippen molar-refractivity contribution in [3.05, 3.63) is 15.6 Å². The first-order valence-electron chi connectivity index (χ1n) is 6.07. The summed E-state index contributed by atoms with van der Waals surface area (Å²) in [5, 5.41) is 3.57. The molecular weight excluding hydrogens is 264 g/mol. The molecule has 0 radical (unpaired) electrons. The lowest BCUT2D eigenvalue weighted by Crippen LogP contribution is -2.46. The van der Waals surface area contributed by atoms with E-state index in [1.165, 1.54) is 11.3 Å². The van der Waals surface area contributed by atoms with E-state index in [1.54, 1.807) is 13.8 Å². The molecular formula is C13H20N2O3S. The van der Waals surface area contributed by atoms with Crippen molar-refractivity contribution in [1.29, 1.82) is 0 Å². The van der Waals surface area contributed by atoms with Gasteiger partial charge in [0.05, 0.1) is 10.7 Å². The van der Waals surface area contributed by atoms with Crippen molar-refractivity contribution in [2.24, 2.45) is 0 Å². The maximum atomic E-state index is 11.9. The number of aromatic nitrogens is 1. The Bertz CT molecular complexity index is 489. The van der Waals surface area contributed by atoms with Gasteiger partial charge >= 0.3 is 5.97 Å². The van der Waals surface area contributed by atoms with Gasteiger partial charge in [0.2, 0.25) is 0 Å². The number of rotatable bonds is 3. The topological polar surface area (TPSA) is 68.3 Å². The summed E-state index contributed by atoms with van der Waals surface area (Å²) in [5.74, 6) is -0.806. The summed E-state index contributed by atoms with van der Waals surface area (Å²) >= 11 is 1.27. The van der Waals surface area contributed by atoms with E-state index in [1.807, 2.05) is 27.7 Å². The number of hydrogen-bond donors (Lipinski definition) is 1. The van der Waals surface area contributed by atoms with Gasteiger partial charge in [-0.3, -0.25) is 4.79 Å². The minimum absolute atomic E-state index is 0.306. The highest BCUT2D eigenvalue weighted by Crippen LogP contribution is 2.18. The summed E-state index contributed by atoms with van der Waals surface area (Å²) in [7, 11) is 0. The van der Waals surface area contributed by atoms with Crippen LogP contribution in [0.3, 0.4) is 0 Å². The first kappa shape index (κ1) is 15.6. The van der Waals surface area contributed by atoms with Crippen LogP contribution in [0.1, 0.15) is 48.1 Å². The molecule has 1 amide bonds. The van der Waals surface area contributed by atoms with E-state index in [9.17, 15) is 9.59 Å². The lowest BCUT2D eigenvalue weighted by Gasteiger charge is -2.23. The molecule has 0 aliphatic heterocycles. The normalized spacial score (nSPS) is 12.9. The fourth-order valence-corrected chi connectivity index (χ4v) is 2.26. The molecule has 0 saturated heterocycles. The maximum absolute atomic E-state index is 11.9. The second-order valence-corrected chi connectivity index (χ2v) is 6.64. The van der Waals surface area contributed by atoms with Crippen molar-refractivity contribution in [3.63, 3.8) is 0 Å². The number of esters is 1. The van der Waals surface area contributed by atoms with Gasteiger partial charge in [-0.1, -0.05) is 0 Å². The smallest absolute Gasteiger partial charge is 0.351 e. The van der Waals surface area contributed by atoms with Crippen molar-refractivity contribution in [3.8, 4) is 0 Å². The molecule has 0 unspecified atom stereocenters. The third-order valence-electron chi connectivity index (χ3n) is 2.24. The molecule has 0 aromatic carbocycles. The van der Waals surface area contributed by atoms with Gasteiger partial charge in [-0.2, -0.15) is 0 Å². The quantitative estimate of drug-likeness (QED) is 0.864. The van der Waals surface area contributed by atoms with Gasteiger partial charge < -0.3 is 10.1 Å². The van der Waals surface area contributed by atoms with Crippen molar-refractivity contribution >= 4 is 23.2 Å². The van der Waals surface area contributed by atoms with Gasteiger partial charge in [-0.15, -0.1) is 11.3 Å². The molecule has 1 aromatic heterocycles. The van der Waals surface area contributed by atoms with Crippen LogP contribution in [0.2, 0.25) is 0 Å². The molecule has 1 heterocycles. The number of ether oxygens (including phenoxy) is 1.